The molecule has 1 unspecified atom stereocenters. The summed E-state index contributed by atoms with van der Waals surface area (Å²) in [5.41, 5.74) is 2.93. The van der Waals surface area contributed by atoms with Crippen LogP contribution in [0, 0.1) is 0 Å². The van der Waals surface area contributed by atoms with Crippen molar-refractivity contribution in [1.82, 2.24) is 0 Å². The number of esters is 1. The fraction of sp³-hybridized carbons (Fsp3) is 0.0278. The van der Waals surface area contributed by atoms with E-state index in [0.717, 1.165) is 33.0 Å². The van der Waals surface area contributed by atoms with E-state index in [2.05, 4.69) is 0 Å². The van der Waals surface area contributed by atoms with Crippen molar-refractivity contribution < 1.29 is 22.5 Å². The number of fused-ring (bicyclic) bond motifs is 1. The zero-order valence-electron chi connectivity index (χ0n) is 22.4. The van der Waals surface area contributed by atoms with E-state index in [1.165, 1.54) is 0 Å². The van der Waals surface area contributed by atoms with Gasteiger partial charge in [-0.15, -0.1) is 0 Å². The Kier molecular flexibility index (Phi) is 7.40. The number of carbonyl (C=O) groups excluding carboxylic acids is 1. The summed E-state index contributed by atoms with van der Waals surface area (Å²) in [7, 11) is -4.84. The first kappa shape index (κ1) is 27.1. The molecule has 0 aliphatic heterocycles. The highest BCUT2D eigenvalue weighted by molar-refractivity contribution is 7.85. The molecule has 0 aromatic heterocycles. The minimum absolute atomic E-state index is 0.146. The number of hydrogen-bond acceptors (Lipinski definition) is 4. The van der Waals surface area contributed by atoms with Crippen molar-refractivity contribution in [1.29, 1.82) is 0 Å². The zero-order chi connectivity index (χ0) is 29.1. The number of carbonyl (C=O) groups is 1. The van der Waals surface area contributed by atoms with Crippen LogP contribution in [0.2, 0.25) is 0 Å². The Morgan fingerprint density at radius 1 is 0.548 bits per heavy atom. The molecule has 0 bridgehead atoms. The lowest BCUT2D eigenvalue weighted by atomic mass is 9.88. The third-order valence-electron chi connectivity index (χ3n) is 7.15. The Balaban J connectivity index is 1.55. The Morgan fingerprint density at radius 3 is 1.55 bits per heavy atom. The second kappa shape index (κ2) is 11.4. The molecule has 0 aliphatic rings. The van der Waals surface area contributed by atoms with Crippen molar-refractivity contribution in [3.05, 3.63) is 157 Å². The van der Waals surface area contributed by atoms with Crippen LogP contribution in [0.4, 0.5) is 0 Å². The van der Waals surface area contributed by atoms with E-state index in [0.29, 0.717) is 11.1 Å². The van der Waals surface area contributed by atoms with E-state index < -0.39 is 21.5 Å². The molecular formula is C36H26O5S. The highest BCUT2D eigenvalue weighted by Crippen LogP contribution is 2.39. The summed E-state index contributed by atoms with van der Waals surface area (Å²) in [6.45, 7) is 0. The molecule has 0 fully saturated rings. The summed E-state index contributed by atoms with van der Waals surface area (Å²) in [6.07, 6.45) is 0. The van der Waals surface area contributed by atoms with Gasteiger partial charge in [-0.2, -0.15) is 8.42 Å². The molecule has 0 aliphatic carbocycles. The van der Waals surface area contributed by atoms with Crippen molar-refractivity contribution in [3.63, 3.8) is 0 Å². The minimum Gasteiger partial charge on any atom is -0.435 e. The summed E-state index contributed by atoms with van der Waals surface area (Å²) in [5.74, 6) is -0.872. The Labute approximate surface area is 244 Å². The lowest BCUT2D eigenvalue weighted by molar-refractivity contribution is 0.0429. The van der Waals surface area contributed by atoms with Crippen LogP contribution in [0.1, 0.15) is 21.4 Å². The van der Waals surface area contributed by atoms with Gasteiger partial charge in [-0.05, 0) is 62.4 Å². The molecule has 6 heteroatoms. The van der Waals surface area contributed by atoms with Gasteiger partial charge in [0.1, 0.15) is 0 Å². The second-order valence-electron chi connectivity index (χ2n) is 9.90. The molecule has 0 radical (unpaired) electrons. The standard InChI is InChI=1S/C36H26O5S/c37-35(41-36(42(38,39)40)30-21-20-26-14-10-11-19-29(26)22-30)34-32(27-15-6-2-7-16-27)23-31(25-12-4-1-5-13-25)24-33(34)28-17-8-3-9-18-28/h1-24,36H,(H,38,39,40). The van der Waals surface area contributed by atoms with E-state index in [9.17, 15) is 17.8 Å². The van der Waals surface area contributed by atoms with Gasteiger partial charge in [0, 0.05) is 5.56 Å². The van der Waals surface area contributed by atoms with Gasteiger partial charge >= 0.3 is 16.1 Å². The quantitative estimate of drug-likeness (QED) is 0.154. The third-order valence-corrected chi connectivity index (χ3v) is 8.06. The maximum atomic E-state index is 14.2. The van der Waals surface area contributed by atoms with Gasteiger partial charge in [0.25, 0.3) is 5.44 Å². The SMILES string of the molecule is O=C(OC(c1ccc2ccccc2c1)S(=O)(=O)O)c1c(-c2ccccc2)cc(-c2ccccc2)cc1-c1ccccc1. The molecular weight excluding hydrogens is 544 g/mol. The fourth-order valence-electron chi connectivity index (χ4n) is 5.16. The van der Waals surface area contributed by atoms with Crippen LogP contribution in [-0.4, -0.2) is 18.9 Å². The Bertz CT molecular complexity index is 1930. The first-order chi connectivity index (χ1) is 20.4. The third kappa shape index (κ3) is 5.59. The molecule has 1 N–H and O–H groups in total. The highest BCUT2D eigenvalue weighted by Gasteiger charge is 2.32. The van der Waals surface area contributed by atoms with Crippen molar-refractivity contribution in [2.24, 2.45) is 0 Å². The van der Waals surface area contributed by atoms with Crippen LogP contribution in [0.3, 0.4) is 0 Å². The Morgan fingerprint density at radius 2 is 1.02 bits per heavy atom. The topological polar surface area (TPSA) is 80.7 Å². The number of rotatable bonds is 7. The van der Waals surface area contributed by atoms with Crippen molar-refractivity contribution >= 4 is 26.9 Å². The maximum absolute atomic E-state index is 14.2. The molecule has 0 saturated carbocycles. The van der Waals surface area contributed by atoms with Gasteiger partial charge in [-0.25, -0.2) is 4.79 Å². The predicted octanol–water partition coefficient (Wildman–Crippen LogP) is 8.58. The van der Waals surface area contributed by atoms with E-state index in [1.54, 1.807) is 18.2 Å². The average Bonchev–Trinajstić information content (AvgIpc) is 3.03. The van der Waals surface area contributed by atoms with Crippen LogP contribution in [0.5, 0.6) is 0 Å². The minimum atomic E-state index is -4.84. The van der Waals surface area contributed by atoms with Crippen molar-refractivity contribution in [2.45, 2.75) is 5.44 Å². The van der Waals surface area contributed by atoms with Crippen LogP contribution in [0.25, 0.3) is 44.2 Å². The summed E-state index contributed by atoms with van der Waals surface area (Å²) in [6, 6.07) is 44.7. The van der Waals surface area contributed by atoms with Crippen LogP contribution in [-0.2, 0) is 14.9 Å². The van der Waals surface area contributed by atoms with Crippen LogP contribution in [0.15, 0.2) is 146 Å². The molecule has 42 heavy (non-hydrogen) atoms. The molecule has 6 rings (SSSR count). The smallest absolute Gasteiger partial charge is 0.341 e. The molecule has 5 nitrogen and oxygen atoms in total. The molecule has 1 atom stereocenters. The molecule has 206 valence electrons. The monoisotopic (exact) mass is 570 g/mol. The lowest BCUT2D eigenvalue weighted by Gasteiger charge is -2.21. The van der Waals surface area contributed by atoms with Crippen molar-refractivity contribution in [2.75, 3.05) is 0 Å². The highest BCUT2D eigenvalue weighted by atomic mass is 32.2. The number of ether oxygens (including phenoxy) is 1. The summed E-state index contributed by atoms with van der Waals surface area (Å²) in [4.78, 5) is 14.2. The van der Waals surface area contributed by atoms with Gasteiger partial charge in [-0.3, -0.25) is 4.55 Å². The van der Waals surface area contributed by atoms with Gasteiger partial charge < -0.3 is 4.74 Å². The van der Waals surface area contributed by atoms with Crippen molar-refractivity contribution in [3.8, 4) is 33.4 Å². The summed E-state index contributed by atoms with van der Waals surface area (Å²) < 4.78 is 41.3. The van der Waals surface area contributed by atoms with Gasteiger partial charge in [0.05, 0.1) is 5.56 Å². The molecule has 0 saturated heterocycles. The first-order valence-corrected chi connectivity index (χ1v) is 14.9. The summed E-state index contributed by atoms with van der Waals surface area (Å²) in [5, 5.41) is 1.64. The van der Waals surface area contributed by atoms with Gasteiger partial charge in [0.2, 0.25) is 0 Å². The van der Waals surface area contributed by atoms with E-state index in [4.69, 9.17) is 4.74 Å². The van der Waals surface area contributed by atoms with E-state index >= 15 is 0 Å². The number of hydrogen-bond donors (Lipinski definition) is 1. The van der Waals surface area contributed by atoms with Gasteiger partial charge in [-0.1, -0.05) is 127 Å². The molecule has 6 aromatic carbocycles. The van der Waals surface area contributed by atoms with Crippen LogP contribution < -0.4 is 0 Å². The van der Waals surface area contributed by atoms with Crippen LogP contribution >= 0.6 is 0 Å². The summed E-state index contributed by atoms with van der Waals surface area (Å²) >= 11 is 0. The van der Waals surface area contributed by atoms with Gasteiger partial charge in [0.15, 0.2) is 0 Å². The maximum Gasteiger partial charge on any atom is 0.341 e. The molecule has 0 amide bonds. The largest absolute Gasteiger partial charge is 0.435 e. The first-order valence-electron chi connectivity index (χ1n) is 13.4. The zero-order valence-corrected chi connectivity index (χ0v) is 23.2. The molecule has 6 aromatic rings. The fourth-order valence-corrected chi connectivity index (χ4v) is 5.86. The van der Waals surface area contributed by atoms with E-state index in [1.807, 2.05) is 127 Å². The normalized spacial score (nSPS) is 12.1. The van der Waals surface area contributed by atoms with E-state index in [-0.39, 0.29) is 11.1 Å². The number of benzene rings is 6. The predicted molar refractivity (Wildman–Crippen MR) is 166 cm³/mol. The molecule has 0 heterocycles. The second-order valence-corrected chi connectivity index (χ2v) is 11.4. The average molecular weight is 571 g/mol. The molecule has 0 spiro atoms. The lowest BCUT2D eigenvalue weighted by Crippen LogP contribution is -2.21. The Hall–Kier alpha value is -5.04.